The maximum absolute atomic E-state index is 12.4. The van der Waals surface area contributed by atoms with Crippen LogP contribution in [0.1, 0.15) is 169 Å². The molecule has 0 saturated heterocycles. The van der Waals surface area contributed by atoms with Gasteiger partial charge in [-0.3, -0.25) is 9.55 Å². The zero-order chi connectivity index (χ0) is 54.5. The Morgan fingerprint density at radius 1 is 0.552 bits per heavy atom. The normalized spacial score (nSPS) is 14.7. The van der Waals surface area contributed by atoms with Crippen molar-refractivity contribution in [3.8, 4) is 67.5 Å². The molecule has 344 valence electrons. The number of aryl methyl sites for hydroxylation is 1. The van der Waals surface area contributed by atoms with Gasteiger partial charge >= 0.3 is 0 Å². The van der Waals surface area contributed by atoms with Crippen LogP contribution in [-0.2, 0) is 10.8 Å². The summed E-state index contributed by atoms with van der Waals surface area (Å²) in [4.78, 5) is 10.4. The Bertz CT molecular complexity index is 3400. The number of fused-ring (bicyclic) bond motifs is 1. The maximum atomic E-state index is 12.4. The van der Waals surface area contributed by atoms with Crippen molar-refractivity contribution in [1.82, 2.24) is 14.5 Å². The Balaban J connectivity index is 1.45. The number of hydrogen-bond donors (Lipinski definition) is 1. The van der Waals surface area contributed by atoms with Gasteiger partial charge in [-0.25, -0.2) is 4.98 Å². The number of rotatable bonds is 10. The molecule has 0 saturated carbocycles. The van der Waals surface area contributed by atoms with E-state index in [1.165, 1.54) is 5.56 Å². The van der Waals surface area contributed by atoms with Gasteiger partial charge in [0.1, 0.15) is 11.6 Å². The Labute approximate surface area is 411 Å². The first-order chi connectivity index (χ1) is 34.0. The molecular weight excluding hydrogens is 815 g/mol. The number of aromatic hydroxyl groups is 1. The highest BCUT2D eigenvalue weighted by Gasteiger charge is 2.26. The molecule has 0 aliphatic carbocycles. The van der Waals surface area contributed by atoms with E-state index in [0.29, 0.717) is 50.1 Å². The van der Waals surface area contributed by atoms with Crippen molar-refractivity contribution >= 4 is 11.0 Å². The van der Waals surface area contributed by atoms with Gasteiger partial charge < -0.3 is 5.11 Å². The Kier molecular flexibility index (Phi) is 10.5. The molecule has 0 aliphatic rings. The largest absolute Gasteiger partial charge is 0.507 e. The molecule has 8 rings (SSSR count). The summed E-state index contributed by atoms with van der Waals surface area (Å²) in [5.74, 6) is -4.56. The van der Waals surface area contributed by atoms with E-state index in [4.69, 9.17) is 9.97 Å². The minimum atomic E-state index is -2.69. The monoisotopic (exact) mass is 893 g/mol. The first kappa shape index (κ1) is 38.8. The smallest absolute Gasteiger partial charge is 0.149 e. The first-order valence-electron chi connectivity index (χ1n) is 27.0. The van der Waals surface area contributed by atoms with E-state index in [2.05, 4.69) is 90.1 Å². The van der Waals surface area contributed by atoms with Crippen LogP contribution in [0.3, 0.4) is 0 Å². The predicted octanol–water partition coefficient (Wildman–Crippen LogP) is 17.9. The van der Waals surface area contributed by atoms with Crippen LogP contribution in [0.5, 0.6) is 5.75 Å². The summed E-state index contributed by atoms with van der Waals surface area (Å²) in [6, 6.07) is 39.5. The number of phenolic OH excluding ortho intramolecular Hbond substituents is 1. The fraction of sp³-hybridized carbons (Fsp3) is 0.333. The fourth-order valence-corrected chi connectivity index (χ4v) is 9.11. The van der Waals surface area contributed by atoms with Crippen LogP contribution in [0.25, 0.3) is 72.7 Å². The number of benzene rings is 6. The van der Waals surface area contributed by atoms with Gasteiger partial charge in [0.25, 0.3) is 0 Å². The van der Waals surface area contributed by atoms with E-state index in [1.54, 1.807) is 84.2 Å². The van der Waals surface area contributed by atoms with Gasteiger partial charge in [-0.2, -0.15) is 0 Å². The Morgan fingerprint density at radius 3 is 1.79 bits per heavy atom. The lowest BCUT2D eigenvalue weighted by molar-refractivity contribution is 0.466. The topological polar surface area (TPSA) is 50.9 Å². The van der Waals surface area contributed by atoms with Crippen molar-refractivity contribution in [2.24, 2.45) is 0 Å². The number of nitrogens with zero attached hydrogens (tertiary/aromatic N) is 3. The third kappa shape index (κ3) is 9.25. The van der Waals surface area contributed by atoms with Crippen molar-refractivity contribution in [3.05, 3.63) is 166 Å². The lowest BCUT2D eigenvalue weighted by Crippen LogP contribution is -2.11. The molecule has 6 aromatic carbocycles. The van der Waals surface area contributed by atoms with Crippen molar-refractivity contribution in [2.75, 3.05) is 0 Å². The van der Waals surface area contributed by atoms with Crippen LogP contribution < -0.4 is 0 Å². The van der Waals surface area contributed by atoms with Crippen LogP contribution in [-0.4, -0.2) is 19.6 Å². The number of phenols is 1. The molecule has 0 bridgehead atoms. The number of imidazole rings is 1. The Hall–Kier alpha value is -6.26. The number of pyridine rings is 1. The Morgan fingerprint density at radius 2 is 1.18 bits per heavy atom. The van der Waals surface area contributed by atoms with Crippen LogP contribution in [0.2, 0.25) is 0 Å². The van der Waals surface area contributed by atoms with Crippen molar-refractivity contribution in [3.63, 3.8) is 0 Å². The minimum absolute atomic E-state index is 0.000749. The molecule has 0 radical (unpaired) electrons. The molecule has 67 heavy (non-hydrogen) atoms. The van der Waals surface area contributed by atoms with Gasteiger partial charge in [-0.05, 0) is 157 Å². The van der Waals surface area contributed by atoms with Crippen LogP contribution in [0.4, 0.5) is 0 Å². The molecular formula is C63H71N3O. The van der Waals surface area contributed by atoms with Gasteiger partial charge in [-0.15, -0.1) is 0 Å². The summed E-state index contributed by atoms with van der Waals surface area (Å²) in [6.07, 6.45) is 1.85. The van der Waals surface area contributed by atoms with E-state index >= 15 is 0 Å². The van der Waals surface area contributed by atoms with Gasteiger partial charge in [0.05, 0.1) is 28.0 Å². The average molecular weight is 893 g/mol. The van der Waals surface area contributed by atoms with Crippen LogP contribution >= 0.6 is 0 Å². The molecule has 8 aromatic rings. The molecule has 0 atom stereocenters. The third-order valence-corrected chi connectivity index (χ3v) is 13.1. The van der Waals surface area contributed by atoms with Crippen LogP contribution in [0.15, 0.2) is 128 Å². The SMILES string of the molecule is [2H]C([2H])([2H])c1cc(-c2c(C([2H])(C)C)cccc2C([2H])(C)C)ccc1-n1c(-c2cc(C([2H])(C)C)cc(C([2H])(C)C)c2O)nc2c(-c3cc(-c4cc(-c5ccc(C(C)(C)C)cc5)ccn4)cc(C(C)(C)C)c3)cccc21. The van der Waals surface area contributed by atoms with Crippen molar-refractivity contribution in [1.29, 1.82) is 0 Å². The molecule has 1 N–H and O–H groups in total. The van der Waals surface area contributed by atoms with Gasteiger partial charge in [0.15, 0.2) is 0 Å². The molecule has 0 amide bonds. The lowest BCUT2D eigenvalue weighted by atomic mass is 9.83. The summed E-state index contributed by atoms with van der Waals surface area (Å²) in [5, 5.41) is 12.4. The van der Waals surface area contributed by atoms with E-state index in [0.717, 1.165) is 39.1 Å². The molecule has 0 unspecified atom stereocenters. The summed E-state index contributed by atoms with van der Waals surface area (Å²) in [7, 11) is 0. The molecule has 2 heterocycles. The van der Waals surface area contributed by atoms with E-state index in [9.17, 15) is 14.7 Å². The second-order valence-corrected chi connectivity index (χ2v) is 21.1. The molecule has 0 fully saturated rings. The zero-order valence-corrected chi connectivity index (χ0v) is 41.9. The standard InChI is InChI=1S/C63H71N3O/c1-37(2)45-34-53(40(7)8)60(67)54(35-45)61-65-59-52(20-17-21-57(59)66(61)56-27-24-44(30-41(56)9)58-50(38(3)4)18-16-19-51(58)39(5)6)46-31-47(33-49(32-46)63(13,14)15)55-36-43(28-29-64-55)42-22-25-48(26-23-42)62(10,11)12/h16-40,67H,1-15H3/i9D3,37D,38D,39D,40D. The molecule has 4 nitrogen and oxygen atoms in total. The van der Waals surface area contributed by atoms with Crippen molar-refractivity contribution in [2.45, 2.75) is 138 Å². The highest BCUT2D eigenvalue weighted by atomic mass is 16.3. The zero-order valence-electron chi connectivity index (χ0n) is 48.9. The highest BCUT2D eigenvalue weighted by Crippen LogP contribution is 2.45. The van der Waals surface area contributed by atoms with Crippen LogP contribution in [0, 0.1) is 6.85 Å². The third-order valence-electron chi connectivity index (χ3n) is 13.1. The number of aromatic nitrogens is 3. The number of para-hydroxylation sites is 1. The van der Waals surface area contributed by atoms with E-state index < -0.39 is 30.4 Å². The summed E-state index contributed by atoms with van der Waals surface area (Å²) >= 11 is 0. The van der Waals surface area contributed by atoms with Gasteiger partial charge in [0.2, 0.25) is 0 Å². The second kappa shape index (κ2) is 18.1. The maximum Gasteiger partial charge on any atom is 0.149 e. The first-order valence-corrected chi connectivity index (χ1v) is 23.5. The molecule has 4 heteroatoms. The molecule has 0 spiro atoms. The second-order valence-electron chi connectivity index (χ2n) is 21.1. The average Bonchev–Trinajstić information content (AvgIpc) is 3.68. The highest BCUT2D eigenvalue weighted by molar-refractivity contribution is 5.97. The molecule has 0 aliphatic heterocycles. The van der Waals surface area contributed by atoms with E-state index in [1.807, 2.05) is 54.7 Å². The predicted molar refractivity (Wildman–Crippen MR) is 286 cm³/mol. The minimum Gasteiger partial charge on any atom is -0.507 e. The lowest BCUT2D eigenvalue weighted by Gasteiger charge is -2.22. The fourth-order valence-electron chi connectivity index (χ4n) is 9.11. The van der Waals surface area contributed by atoms with E-state index in [-0.39, 0.29) is 33.5 Å². The van der Waals surface area contributed by atoms with Gasteiger partial charge in [0, 0.05) is 26.9 Å². The summed E-state index contributed by atoms with van der Waals surface area (Å²) < 4.78 is 66.1. The molecule has 2 aromatic heterocycles. The van der Waals surface area contributed by atoms with Crippen molar-refractivity contribution < 1.29 is 14.7 Å². The summed E-state index contributed by atoms with van der Waals surface area (Å²) in [6.45, 7) is 24.5. The number of hydrogen-bond acceptors (Lipinski definition) is 3. The quantitative estimate of drug-likeness (QED) is 0.149. The van der Waals surface area contributed by atoms with Gasteiger partial charge in [-0.1, -0.05) is 170 Å². The summed E-state index contributed by atoms with van der Waals surface area (Å²) in [5.41, 5.74) is 12.6.